The second-order valence-corrected chi connectivity index (χ2v) is 12.2. The van der Waals surface area contributed by atoms with Crippen LogP contribution >= 0.6 is 11.3 Å². The maximum Gasteiger partial charge on any atom is 0.338 e. The first-order valence-electron chi connectivity index (χ1n) is 15.7. The molecule has 1 atom stereocenters. The van der Waals surface area contributed by atoms with Gasteiger partial charge in [0.05, 0.1) is 35.1 Å². The summed E-state index contributed by atoms with van der Waals surface area (Å²) in [7, 11) is 1.58. The third-order valence-corrected chi connectivity index (χ3v) is 9.08. The first-order valence-corrected chi connectivity index (χ1v) is 16.5. The minimum absolute atomic E-state index is 0.183. The predicted octanol–water partition coefficient (Wildman–Crippen LogP) is 6.02. The van der Waals surface area contributed by atoms with Gasteiger partial charge in [0, 0.05) is 5.56 Å². The number of benzene rings is 4. The number of allylic oxidation sites excluding steroid dienone is 1. The molecule has 1 aromatic heterocycles. The van der Waals surface area contributed by atoms with Crippen LogP contribution in [-0.2, 0) is 16.1 Å². The van der Waals surface area contributed by atoms with Gasteiger partial charge in [0.1, 0.15) is 24.1 Å². The molecule has 0 amide bonds. The molecule has 9 nitrogen and oxygen atoms in total. The fraction of sp³-hybridized carbons (Fsp3) is 0.211. The molecule has 0 saturated carbocycles. The van der Waals surface area contributed by atoms with Gasteiger partial charge in [-0.3, -0.25) is 9.36 Å². The minimum atomic E-state index is -0.977. The van der Waals surface area contributed by atoms with E-state index in [-0.39, 0.29) is 24.3 Å². The number of ether oxygens (including phenoxy) is 3. The van der Waals surface area contributed by atoms with Gasteiger partial charge in [-0.15, -0.1) is 0 Å². The summed E-state index contributed by atoms with van der Waals surface area (Å²) >= 11 is 1.27. The molecule has 0 unspecified atom stereocenters. The summed E-state index contributed by atoms with van der Waals surface area (Å²) < 4.78 is 19.4. The number of aromatic nitrogens is 1. The Balaban J connectivity index is 1.42. The molecule has 1 N–H and O–H groups in total. The smallest absolute Gasteiger partial charge is 0.338 e. The zero-order valence-electron chi connectivity index (χ0n) is 26.8. The van der Waals surface area contributed by atoms with E-state index in [2.05, 4.69) is 0 Å². The molecule has 10 heteroatoms. The molecule has 0 spiro atoms. The number of nitrogens with zero attached hydrogens (tertiary/aromatic N) is 2. The number of carbonyl (C=O) groups is 2. The summed E-state index contributed by atoms with van der Waals surface area (Å²) in [5, 5.41) is 10.9. The lowest BCUT2D eigenvalue weighted by molar-refractivity contribution is -0.139. The fourth-order valence-corrected chi connectivity index (χ4v) is 6.87. The summed E-state index contributed by atoms with van der Waals surface area (Å²) in [6, 6.07) is 24.7. The molecule has 2 heterocycles. The first-order chi connectivity index (χ1) is 23.3. The van der Waals surface area contributed by atoms with Crippen molar-refractivity contribution >= 4 is 40.1 Å². The van der Waals surface area contributed by atoms with Gasteiger partial charge in [-0.25, -0.2) is 14.6 Å². The second kappa shape index (κ2) is 14.1. The van der Waals surface area contributed by atoms with Crippen LogP contribution in [-0.4, -0.2) is 35.3 Å². The van der Waals surface area contributed by atoms with Gasteiger partial charge in [-0.05, 0) is 71.7 Å². The molecule has 0 aliphatic carbocycles. The highest BCUT2D eigenvalue weighted by molar-refractivity contribution is 7.07. The Morgan fingerprint density at radius 2 is 1.73 bits per heavy atom. The molecule has 4 aromatic carbocycles. The summed E-state index contributed by atoms with van der Waals surface area (Å²) in [6.07, 6.45) is 3.09. The van der Waals surface area contributed by atoms with Crippen molar-refractivity contribution in [1.29, 1.82) is 0 Å². The summed E-state index contributed by atoms with van der Waals surface area (Å²) in [5.74, 6) is -0.300. The monoisotopic (exact) mass is 662 g/mol. The SMILES string of the molecule is CCCC1=C(C(=O)OCC)[C@@H](c2c(OC)ccc3ccccc23)n2c(s/c(=C/c3ccc(OCc4ccc(C(=O)O)cc4)cc3)c2=O)=N1. The number of fused-ring (bicyclic) bond motifs is 2. The van der Waals surface area contributed by atoms with E-state index in [0.29, 0.717) is 44.1 Å². The molecule has 0 bridgehead atoms. The number of hydrogen-bond acceptors (Lipinski definition) is 8. The molecule has 0 radical (unpaired) electrons. The molecular weight excluding hydrogens is 628 g/mol. The topological polar surface area (TPSA) is 116 Å². The molecule has 1 aliphatic rings. The van der Waals surface area contributed by atoms with Crippen molar-refractivity contribution in [2.75, 3.05) is 13.7 Å². The third-order valence-electron chi connectivity index (χ3n) is 8.10. The molecule has 5 aromatic rings. The van der Waals surface area contributed by atoms with Crippen LogP contribution in [0.15, 0.2) is 106 Å². The van der Waals surface area contributed by atoms with E-state index in [0.717, 1.165) is 28.3 Å². The van der Waals surface area contributed by atoms with E-state index in [4.69, 9.17) is 24.3 Å². The Morgan fingerprint density at radius 1 is 0.979 bits per heavy atom. The fourth-order valence-electron chi connectivity index (χ4n) is 5.85. The van der Waals surface area contributed by atoms with Crippen LogP contribution in [0.2, 0.25) is 0 Å². The third kappa shape index (κ3) is 6.39. The molecule has 0 fully saturated rings. The predicted molar refractivity (Wildman–Crippen MR) is 184 cm³/mol. The van der Waals surface area contributed by atoms with Gasteiger partial charge < -0.3 is 19.3 Å². The van der Waals surface area contributed by atoms with Crippen molar-refractivity contribution in [2.45, 2.75) is 39.3 Å². The number of methoxy groups -OCH3 is 1. The molecule has 6 rings (SSSR count). The first kappa shape index (κ1) is 32.5. The van der Waals surface area contributed by atoms with Crippen LogP contribution in [0.5, 0.6) is 11.5 Å². The van der Waals surface area contributed by atoms with E-state index in [1.807, 2.05) is 73.7 Å². The number of carboxylic acid groups (broad SMARTS) is 1. The Kier molecular flexibility index (Phi) is 9.54. The quantitative estimate of drug-likeness (QED) is 0.172. The van der Waals surface area contributed by atoms with Crippen LogP contribution in [0.4, 0.5) is 0 Å². The number of esters is 1. The largest absolute Gasteiger partial charge is 0.496 e. The molecule has 1 aliphatic heterocycles. The van der Waals surface area contributed by atoms with Crippen molar-refractivity contribution in [3.8, 4) is 11.5 Å². The number of carbonyl (C=O) groups excluding carboxylic acids is 1. The van der Waals surface area contributed by atoms with Crippen molar-refractivity contribution in [1.82, 2.24) is 4.57 Å². The van der Waals surface area contributed by atoms with Gasteiger partial charge >= 0.3 is 11.9 Å². The summed E-state index contributed by atoms with van der Waals surface area (Å²) in [5.41, 5.74) is 3.21. The van der Waals surface area contributed by atoms with Gasteiger partial charge in [0.15, 0.2) is 4.80 Å². The number of carboxylic acids is 1. The van der Waals surface area contributed by atoms with Crippen LogP contribution in [0.25, 0.3) is 16.8 Å². The standard InChI is InChI=1S/C38H34N2O7S/c1-4-8-29-33(37(44)46-5-2)34(32-28-10-7-6-9-25(28)17-20-30(32)45-3)40-35(41)31(48-38(40)39-29)21-23-13-18-27(19-14-23)47-22-24-11-15-26(16-12-24)36(42)43/h6-7,9-21,34H,4-5,8,22H2,1-3H3,(H,42,43)/b31-21+/t34-/m1/s1. The van der Waals surface area contributed by atoms with Crippen molar-refractivity contribution in [3.63, 3.8) is 0 Å². The molecular formula is C38H34N2O7S. The highest BCUT2D eigenvalue weighted by Crippen LogP contribution is 2.41. The van der Waals surface area contributed by atoms with Crippen LogP contribution < -0.4 is 24.4 Å². The van der Waals surface area contributed by atoms with E-state index in [1.54, 1.807) is 42.9 Å². The molecule has 48 heavy (non-hydrogen) atoms. The Hall–Kier alpha value is -5.48. The number of hydrogen-bond donors (Lipinski definition) is 1. The van der Waals surface area contributed by atoms with Crippen LogP contribution in [0, 0.1) is 0 Å². The van der Waals surface area contributed by atoms with Gasteiger partial charge in [0.2, 0.25) is 0 Å². The summed E-state index contributed by atoms with van der Waals surface area (Å²) in [4.78, 5) is 44.5. The Morgan fingerprint density at radius 3 is 2.42 bits per heavy atom. The highest BCUT2D eigenvalue weighted by Gasteiger charge is 2.37. The molecule has 0 saturated heterocycles. The van der Waals surface area contributed by atoms with Crippen LogP contribution in [0.3, 0.4) is 0 Å². The van der Waals surface area contributed by atoms with Gasteiger partial charge in [-0.1, -0.05) is 79.3 Å². The molecule has 244 valence electrons. The zero-order chi connectivity index (χ0) is 33.8. The van der Waals surface area contributed by atoms with Crippen LogP contribution in [0.1, 0.15) is 59.8 Å². The average Bonchev–Trinajstić information content (AvgIpc) is 3.41. The van der Waals surface area contributed by atoms with E-state index in [1.165, 1.54) is 11.3 Å². The average molecular weight is 663 g/mol. The Labute approximate surface area is 280 Å². The van der Waals surface area contributed by atoms with Gasteiger partial charge in [-0.2, -0.15) is 0 Å². The number of aromatic carboxylic acids is 1. The van der Waals surface area contributed by atoms with E-state index >= 15 is 0 Å². The zero-order valence-corrected chi connectivity index (χ0v) is 27.6. The van der Waals surface area contributed by atoms with Crippen molar-refractivity contribution in [3.05, 3.63) is 138 Å². The Bertz CT molecular complexity index is 2210. The van der Waals surface area contributed by atoms with E-state index in [9.17, 15) is 14.4 Å². The lowest BCUT2D eigenvalue weighted by Crippen LogP contribution is -2.40. The maximum absolute atomic E-state index is 14.3. The maximum atomic E-state index is 14.3. The number of rotatable bonds is 11. The summed E-state index contributed by atoms with van der Waals surface area (Å²) in [6.45, 7) is 4.24. The minimum Gasteiger partial charge on any atom is -0.496 e. The normalized spacial score (nSPS) is 14.4. The van der Waals surface area contributed by atoms with Crippen molar-refractivity contribution < 1.29 is 28.9 Å². The van der Waals surface area contributed by atoms with Crippen molar-refractivity contribution in [2.24, 2.45) is 4.99 Å². The van der Waals surface area contributed by atoms with E-state index < -0.39 is 18.0 Å². The lowest BCUT2D eigenvalue weighted by Gasteiger charge is -2.28. The number of thiazole rings is 1. The second-order valence-electron chi connectivity index (χ2n) is 11.2. The highest BCUT2D eigenvalue weighted by atomic mass is 32.1. The lowest BCUT2D eigenvalue weighted by atomic mass is 9.90. The van der Waals surface area contributed by atoms with Gasteiger partial charge in [0.25, 0.3) is 5.56 Å².